The van der Waals surface area contributed by atoms with Crippen molar-refractivity contribution >= 4 is 46.3 Å². The number of esters is 1. The van der Waals surface area contributed by atoms with Crippen molar-refractivity contribution in [1.82, 2.24) is 0 Å². The molecule has 1 fully saturated rings. The van der Waals surface area contributed by atoms with E-state index in [0.717, 1.165) is 16.1 Å². The quantitative estimate of drug-likeness (QED) is 0.375. The molecule has 180 valence electrons. The van der Waals surface area contributed by atoms with E-state index in [1.54, 1.807) is 29.2 Å². The van der Waals surface area contributed by atoms with Crippen LogP contribution in [0.5, 0.6) is 0 Å². The zero-order chi connectivity index (χ0) is 24.9. The second kappa shape index (κ2) is 10.7. The van der Waals surface area contributed by atoms with Crippen molar-refractivity contribution in [2.24, 2.45) is 5.92 Å². The van der Waals surface area contributed by atoms with Gasteiger partial charge in [0.2, 0.25) is 5.91 Å². The van der Waals surface area contributed by atoms with Crippen molar-refractivity contribution in [3.8, 4) is 0 Å². The highest BCUT2D eigenvalue weighted by Crippen LogP contribution is 2.42. The van der Waals surface area contributed by atoms with Crippen molar-refractivity contribution in [3.63, 3.8) is 0 Å². The van der Waals surface area contributed by atoms with E-state index in [1.807, 2.05) is 48.7 Å². The molecule has 1 aromatic heterocycles. The fourth-order valence-corrected chi connectivity index (χ4v) is 5.04. The van der Waals surface area contributed by atoms with Crippen LogP contribution in [0.4, 0.5) is 11.4 Å². The fraction of sp³-hybridized carbons (Fsp3) is 0.259. The van der Waals surface area contributed by atoms with Crippen LogP contribution in [0.2, 0.25) is 0 Å². The average molecular weight is 491 g/mol. The topological polar surface area (TPSA) is 92.8 Å². The first-order valence-corrected chi connectivity index (χ1v) is 12.2. The molecule has 7 nitrogen and oxygen atoms in total. The van der Waals surface area contributed by atoms with Crippen LogP contribution in [0.1, 0.15) is 46.6 Å². The van der Waals surface area contributed by atoms with Crippen LogP contribution in [0.3, 0.4) is 0 Å². The Kier molecular flexibility index (Phi) is 7.41. The number of hydrogen-bond donors (Lipinski definition) is 1. The highest BCUT2D eigenvalue weighted by atomic mass is 32.1. The second-order valence-electron chi connectivity index (χ2n) is 8.49. The van der Waals surface area contributed by atoms with Crippen LogP contribution in [-0.4, -0.2) is 30.2 Å². The van der Waals surface area contributed by atoms with Crippen molar-refractivity contribution in [2.45, 2.75) is 32.7 Å². The molecule has 0 radical (unpaired) electrons. The first-order chi connectivity index (χ1) is 16.8. The minimum Gasteiger partial charge on any atom is -0.455 e. The van der Waals surface area contributed by atoms with E-state index >= 15 is 0 Å². The highest BCUT2D eigenvalue weighted by Gasteiger charge is 2.43. The summed E-state index contributed by atoms with van der Waals surface area (Å²) in [5.41, 5.74) is 2.84. The number of ketones is 1. The number of thiophene rings is 1. The maximum atomic E-state index is 13.1. The Balaban J connectivity index is 1.47. The highest BCUT2D eigenvalue weighted by molar-refractivity contribution is 7.10. The second-order valence-corrected chi connectivity index (χ2v) is 9.47. The number of benzene rings is 2. The van der Waals surface area contributed by atoms with Gasteiger partial charge in [0.15, 0.2) is 12.4 Å². The predicted molar refractivity (Wildman–Crippen MR) is 134 cm³/mol. The van der Waals surface area contributed by atoms with E-state index < -0.39 is 30.4 Å². The summed E-state index contributed by atoms with van der Waals surface area (Å²) in [7, 11) is 0. The van der Waals surface area contributed by atoms with Gasteiger partial charge in [0, 0.05) is 28.2 Å². The van der Waals surface area contributed by atoms with Gasteiger partial charge in [0.25, 0.3) is 5.91 Å². The number of anilines is 2. The number of Topliss-reactive ketones (excluding diaryl/α,β-unsaturated/α-hetero) is 1. The molecule has 1 N–H and O–H groups in total. The first-order valence-electron chi connectivity index (χ1n) is 11.3. The van der Waals surface area contributed by atoms with Crippen molar-refractivity contribution in [2.75, 3.05) is 16.8 Å². The fourth-order valence-electron chi connectivity index (χ4n) is 4.16. The summed E-state index contributed by atoms with van der Waals surface area (Å²) in [5, 5.41) is 4.57. The van der Waals surface area contributed by atoms with Gasteiger partial charge in [0.1, 0.15) is 0 Å². The number of carbonyl (C=O) groups excluding carboxylic acids is 4. The molecule has 1 aliphatic heterocycles. The third-order valence-electron chi connectivity index (χ3n) is 5.97. The Morgan fingerprint density at radius 2 is 1.77 bits per heavy atom. The molecule has 4 rings (SSSR count). The number of hydrogen-bond acceptors (Lipinski definition) is 6. The number of piperidine rings is 1. The van der Waals surface area contributed by atoms with Gasteiger partial charge in [-0.1, -0.05) is 23.8 Å². The zero-order valence-electron chi connectivity index (χ0n) is 19.5. The minimum atomic E-state index is -0.602. The van der Waals surface area contributed by atoms with E-state index in [1.165, 1.54) is 18.3 Å². The van der Waals surface area contributed by atoms with Gasteiger partial charge in [-0.25, -0.2) is 0 Å². The zero-order valence-corrected chi connectivity index (χ0v) is 20.3. The molecular weight excluding hydrogens is 464 g/mol. The molecule has 1 aliphatic rings. The lowest BCUT2D eigenvalue weighted by atomic mass is 9.87. The van der Waals surface area contributed by atoms with Crippen LogP contribution < -0.4 is 10.2 Å². The van der Waals surface area contributed by atoms with Crippen LogP contribution >= 0.6 is 11.3 Å². The molecule has 8 heteroatoms. The Hall–Kier alpha value is -3.78. The maximum Gasteiger partial charge on any atom is 0.311 e. The van der Waals surface area contributed by atoms with Crippen LogP contribution in [0.15, 0.2) is 66.0 Å². The van der Waals surface area contributed by atoms with E-state index in [2.05, 4.69) is 5.32 Å². The molecule has 2 atom stereocenters. The number of amides is 2. The van der Waals surface area contributed by atoms with E-state index in [4.69, 9.17) is 4.74 Å². The molecule has 0 unspecified atom stereocenters. The molecule has 3 aromatic rings. The molecule has 1 saturated heterocycles. The summed E-state index contributed by atoms with van der Waals surface area (Å²) in [6.07, 6.45) is 0.556. The molecule has 0 saturated carbocycles. The normalized spacial score (nSPS) is 17.7. The third kappa shape index (κ3) is 5.66. The lowest BCUT2D eigenvalue weighted by Gasteiger charge is -2.39. The minimum absolute atomic E-state index is 0.0527. The van der Waals surface area contributed by atoms with Crippen LogP contribution in [-0.2, 0) is 19.1 Å². The lowest BCUT2D eigenvalue weighted by Crippen LogP contribution is -2.46. The summed E-state index contributed by atoms with van der Waals surface area (Å²) < 4.78 is 5.41. The van der Waals surface area contributed by atoms with E-state index in [0.29, 0.717) is 17.7 Å². The number of carbonyl (C=O) groups is 4. The Morgan fingerprint density at radius 3 is 2.40 bits per heavy atom. The summed E-state index contributed by atoms with van der Waals surface area (Å²) in [6, 6.07) is 17.4. The molecule has 0 bridgehead atoms. The van der Waals surface area contributed by atoms with Crippen LogP contribution in [0, 0.1) is 12.8 Å². The number of aryl methyl sites for hydroxylation is 1. The van der Waals surface area contributed by atoms with E-state index in [9.17, 15) is 19.2 Å². The van der Waals surface area contributed by atoms with E-state index in [-0.39, 0.29) is 18.1 Å². The van der Waals surface area contributed by atoms with Gasteiger partial charge in [-0.2, -0.15) is 0 Å². The summed E-state index contributed by atoms with van der Waals surface area (Å²) in [4.78, 5) is 52.5. The van der Waals surface area contributed by atoms with Gasteiger partial charge >= 0.3 is 5.97 Å². The number of rotatable bonds is 7. The van der Waals surface area contributed by atoms with Crippen LogP contribution in [0.25, 0.3) is 0 Å². The van der Waals surface area contributed by atoms with Crippen molar-refractivity contribution < 1.29 is 23.9 Å². The standard InChI is InChI=1S/C27H26N2O5S/c1-17-5-11-21(12-6-17)29-25(32)14-13-22(26(29)23-4-3-15-35-23)27(33)34-16-24(31)28-20-9-7-19(8-10-20)18(2)30/h3-12,15,22,26H,13-14,16H2,1-2H3,(H,28,31)/t22-,26+/m0/s1. The summed E-state index contributed by atoms with van der Waals surface area (Å²) >= 11 is 1.48. The Bertz CT molecular complexity index is 1220. The molecule has 0 spiro atoms. The average Bonchev–Trinajstić information content (AvgIpc) is 3.38. The van der Waals surface area contributed by atoms with Crippen molar-refractivity contribution in [3.05, 3.63) is 82.0 Å². The Labute approximate surface area is 207 Å². The largest absolute Gasteiger partial charge is 0.455 e. The van der Waals surface area contributed by atoms with Crippen molar-refractivity contribution in [1.29, 1.82) is 0 Å². The number of nitrogens with zero attached hydrogens (tertiary/aromatic N) is 1. The molecular formula is C27H26N2O5S. The molecule has 2 amide bonds. The third-order valence-corrected chi connectivity index (χ3v) is 6.91. The van der Waals surface area contributed by atoms with Gasteiger partial charge in [-0.3, -0.25) is 19.2 Å². The van der Waals surface area contributed by atoms with Gasteiger partial charge in [0.05, 0.1) is 12.0 Å². The monoisotopic (exact) mass is 490 g/mol. The summed E-state index contributed by atoms with van der Waals surface area (Å²) in [5.74, 6) is -1.72. The SMILES string of the molecule is CC(=O)c1ccc(NC(=O)COC(=O)[C@H]2CCC(=O)N(c3ccc(C)cc3)[C@H]2c2cccs2)cc1. The molecule has 2 heterocycles. The van der Waals surface area contributed by atoms with Gasteiger partial charge in [-0.05, 0) is 68.1 Å². The molecule has 35 heavy (non-hydrogen) atoms. The number of ether oxygens (including phenoxy) is 1. The number of nitrogens with one attached hydrogen (secondary N) is 1. The Morgan fingerprint density at radius 1 is 1.06 bits per heavy atom. The smallest absolute Gasteiger partial charge is 0.311 e. The lowest BCUT2D eigenvalue weighted by molar-refractivity contribution is -0.153. The summed E-state index contributed by atoms with van der Waals surface area (Å²) in [6.45, 7) is 3.00. The molecule has 2 aromatic carbocycles. The first kappa shape index (κ1) is 24.3. The maximum absolute atomic E-state index is 13.1. The van der Waals surface area contributed by atoms with Gasteiger partial charge < -0.3 is 15.0 Å². The molecule has 0 aliphatic carbocycles. The van der Waals surface area contributed by atoms with Gasteiger partial charge in [-0.15, -0.1) is 11.3 Å². The predicted octanol–water partition coefficient (Wildman–Crippen LogP) is 4.93.